The third-order valence-electron chi connectivity index (χ3n) is 4.54. The van der Waals surface area contributed by atoms with E-state index >= 15 is 0 Å². The molecule has 0 saturated carbocycles. The van der Waals surface area contributed by atoms with Gasteiger partial charge < -0.3 is 9.15 Å². The first-order valence-corrected chi connectivity index (χ1v) is 10.6. The number of nitrogens with zero attached hydrogens (tertiary/aromatic N) is 2. The van der Waals surface area contributed by atoms with Crippen LogP contribution in [0, 0.1) is 0 Å². The summed E-state index contributed by atoms with van der Waals surface area (Å²) in [4.78, 5) is 31.1. The number of carbonyl (C=O) groups excluding carboxylic acids is 1. The van der Waals surface area contributed by atoms with Crippen molar-refractivity contribution in [3.63, 3.8) is 0 Å². The molecule has 8 heteroatoms. The molecular formula is C21H17BrN2O4S. The molecule has 3 heterocycles. The molecule has 0 fully saturated rings. The van der Waals surface area contributed by atoms with E-state index in [-0.39, 0.29) is 12.2 Å². The lowest BCUT2D eigenvalue weighted by molar-refractivity contribution is -0.138. The zero-order valence-corrected chi connectivity index (χ0v) is 18.1. The van der Waals surface area contributed by atoms with E-state index in [1.165, 1.54) is 15.9 Å². The van der Waals surface area contributed by atoms with E-state index in [0.29, 0.717) is 26.4 Å². The molecule has 6 nitrogen and oxygen atoms in total. The Balaban J connectivity index is 1.96. The second kappa shape index (κ2) is 7.96. The SMILES string of the molecule is CCOC(=O)C1=C(C)n2c(s/c(=C/c3ccco3)c2=O)=N[C@H]1c1ccc(Br)cc1. The standard InChI is InChI=1S/C21H17BrN2O4S/c1-3-27-20(26)17-12(2)24-19(25)16(11-15-5-4-10-28-15)29-21(24)23-18(17)13-6-8-14(22)9-7-13/h4-11,18H,3H2,1-2H3/b16-11+/t18-/m0/s1. The van der Waals surface area contributed by atoms with E-state index in [1.807, 2.05) is 24.3 Å². The van der Waals surface area contributed by atoms with Crippen LogP contribution in [0.2, 0.25) is 0 Å². The largest absolute Gasteiger partial charge is 0.465 e. The van der Waals surface area contributed by atoms with Crippen molar-refractivity contribution in [2.24, 2.45) is 4.99 Å². The summed E-state index contributed by atoms with van der Waals surface area (Å²) in [6.07, 6.45) is 3.23. The van der Waals surface area contributed by atoms with E-state index in [2.05, 4.69) is 15.9 Å². The van der Waals surface area contributed by atoms with Crippen LogP contribution in [-0.2, 0) is 9.53 Å². The molecule has 148 valence electrons. The number of aromatic nitrogens is 1. The van der Waals surface area contributed by atoms with Gasteiger partial charge in [-0.25, -0.2) is 9.79 Å². The van der Waals surface area contributed by atoms with Crippen molar-refractivity contribution in [1.82, 2.24) is 4.57 Å². The van der Waals surface area contributed by atoms with E-state index < -0.39 is 12.0 Å². The van der Waals surface area contributed by atoms with Crippen LogP contribution in [0.15, 0.2) is 66.9 Å². The molecule has 0 saturated heterocycles. The summed E-state index contributed by atoms with van der Waals surface area (Å²) in [6, 6.07) is 10.6. The van der Waals surface area contributed by atoms with Gasteiger partial charge in [0.2, 0.25) is 0 Å². The number of thiazole rings is 1. The number of esters is 1. The van der Waals surface area contributed by atoms with Crippen molar-refractivity contribution in [3.8, 4) is 0 Å². The molecule has 1 aliphatic heterocycles. The predicted octanol–water partition coefficient (Wildman–Crippen LogP) is 3.26. The lowest BCUT2D eigenvalue weighted by Crippen LogP contribution is -2.35. The first-order valence-electron chi connectivity index (χ1n) is 8.98. The molecule has 1 atom stereocenters. The second-order valence-corrected chi connectivity index (χ2v) is 8.28. The minimum absolute atomic E-state index is 0.237. The van der Waals surface area contributed by atoms with Gasteiger partial charge in [-0.05, 0) is 43.7 Å². The van der Waals surface area contributed by atoms with Crippen LogP contribution in [-0.4, -0.2) is 17.1 Å². The van der Waals surface area contributed by atoms with Crippen molar-refractivity contribution < 1.29 is 13.9 Å². The topological polar surface area (TPSA) is 73.8 Å². The second-order valence-electron chi connectivity index (χ2n) is 6.35. The van der Waals surface area contributed by atoms with Crippen molar-refractivity contribution in [2.75, 3.05) is 6.61 Å². The fraction of sp³-hybridized carbons (Fsp3) is 0.190. The third-order valence-corrected chi connectivity index (χ3v) is 6.05. The smallest absolute Gasteiger partial charge is 0.338 e. The summed E-state index contributed by atoms with van der Waals surface area (Å²) in [5, 5.41) is 0. The number of halogens is 1. The van der Waals surface area contributed by atoms with E-state index in [0.717, 1.165) is 10.0 Å². The summed E-state index contributed by atoms with van der Waals surface area (Å²) in [6.45, 7) is 3.74. The number of carbonyl (C=O) groups is 1. The lowest BCUT2D eigenvalue weighted by Gasteiger charge is -2.22. The number of benzene rings is 1. The molecule has 0 amide bonds. The Kier molecular flexibility index (Phi) is 5.38. The average molecular weight is 473 g/mol. The Labute approximate surface area is 178 Å². The van der Waals surface area contributed by atoms with Gasteiger partial charge in [0.15, 0.2) is 4.80 Å². The highest BCUT2D eigenvalue weighted by Crippen LogP contribution is 2.32. The van der Waals surface area contributed by atoms with Gasteiger partial charge in [-0.3, -0.25) is 9.36 Å². The van der Waals surface area contributed by atoms with E-state index in [9.17, 15) is 9.59 Å². The summed E-state index contributed by atoms with van der Waals surface area (Å²) in [5.74, 6) is 0.111. The van der Waals surface area contributed by atoms with Crippen LogP contribution in [0.5, 0.6) is 0 Å². The van der Waals surface area contributed by atoms with Crippen LogP contribution in [0.1, 0.15) is 31.2 Å². The Morgan fingerprint density at radius 2 is 2.10 bits per heavy atom. The quantitative estimate of drug-likeness (QED) is 0.546. The van der Waals surface area contributed by atoms with Gasteiger partial charge in [0.1, 0.15) is 16.3 Å². The minimum Gasteiger partial charge on any atom is -0.465 e. The number of hydrogen-bond acceptors (Lipinski definition) is 6. The van der Waals surface area contributed by atoms with Crippen molar-refractivity contribution in [2.45, 2.75) is 19.9 Å². The Morgan fingerprint density at radius 1 is 1.34 bits per heavy atom. The van der Waals surface area contributed by atoms with Gasteiger partial charge in [-0.2, -0.15) is 0 Å². The summed E-state index contributed by atoms with van der Waals surface area (Å²) in [7, 11) is 0. The Hall–Kier alpha value is -2.71. The van der Waals surface area contributed by atoms with Gasteiger partial charge in [0, 0.05) is 16.2 Å². The number of rotatable bonds is 4. The highest BCUT2D eigenvalue weighted by molar-refractivity contribution is 9.10. The first kappa shape index (κ1) is 19.6. The van der Waals surface area contributed by atoms with E-state index in [4.69, 9.17) is 14.1 Å². The van der Waals surface area contributed by atoms with Gasteiger partial charge in [-0.1, -0.05) is 39.4 Å². The zero-order chi connectivity index (χ0) is 20.5. The molecule has 0 N–H and O–H groups in total. The molecule has 0 spiro atoms. The monoisotopic (exact) mass is 472 g/mol. The van der Waals surface area contributed by atoms with Crippen LogP contribution in [0.3, 0.4) is 0 Å². The molecule has 2 aromatic heterocycles. The molecule has 1 aromatic carbocycles. The number of ether oxygens (including phenoxy) is 1. The molecule has 0 unspecified atom stereocenters. The van der Waals surface area contributed by atoms with Crippen LogP contribution in [0.4, 0.5) is 0 Å². The van der Waals surface area contributed by atoms with Gasteiger partial charge in [-0.15, -0.1) is 0 Å². The number of allylic oxidation sites excluding steroid dienone is 1. The Bertz CT molecular complexity index is 1270. The molecule has 4 rings (SSSR count). The van der Waals surface area contributed by atoms with Gasteiger partial charge in [0.05, 0.1) is 18.4 Å². The number of hydrogen-bond donors (Lipinski definition) is 0. The van der Waals surface area contributed by atoms with Crippen LogP contribution < -0.4 is 14.9 Å². The molecule has 0 bridgehead atoms. The highest BCUT2D eigenvalue weighted by Gasteiger charge is 2.31. The van der Waals surface area contributed by atoms with E-state index in [1.54, 1.807) is 38.3 Å². The fourth-order valence-electron chi connectivity index (χ4n) is 3.21. The summed E-state index contributed by atoms with van der Waals surface area (Å²) < 4.78 is 13.5. The van der Waals surface area contributed by atoms with Crippen LogP contribution >= 0.6 is 27.3 Å². The highest BCUT2D eigenvalue weighted by atomic mass is 79.9. The number of fused-ring (bicyclic) bond motifs is 1. The molecule has 1 aliphatic rings. The molecular weight excluding hydrogens is 456 g/mol. The van der Waals surface area contributed by atoms with Crippen LogP contribution in [0.25, 0.3) is 11.8 Å². The maximum atomic E-state index is 13.0. The van der Waals surface area contributed by atoms with Gasteiger partial charge in [0.25, 0.3) is 5.56 Å². The lowest BCUT2D eigenvalue weighted by atomic mass is 9.97. The molecule has 0 radical (unpaired) electrons. The maximum Gasteiger partial charge on any atom is 0.338 e. The zero-order valence-electron chi connectivity index (χ0n) is 15.7. The predicted molar refractivity (Wildman–Crippen MR) is 114 cm³/mol. The van der Waals surface area contributed by atoms with Crippen molar-refractivity contribution in [1.29, 1.82) is 0 Å². The van der Waals surface area contributed by atoms with Crippen molar-refractivity contribution >= 4 is 45.0 Å². The Morgan fingerprint density at radius 3 is 2.76 bits per heavy atom. The number of furan rings is 1. The van der Waals surface area contributed by atoms with Crippen molar-refractivity contribution in [3.05, 3.63) is 83.7 Å². The fourth-order valence-corrected chi connectivity index (χ4v) is 4.49. The van der Waals surface area contributed by atoms with Gasteiger partial charge >= 0.3 is 5.97 Å². The molecule has 29 heavy (non-hydrogen) atoms. The average Bonchev–Trinajstić information content (AvgIpc) is 3.31. The normalized spacial score (nSPS) is 16.5. The summed E-state index contributed by atoms with van der Waals surface area (Å²) >= 11 is 4.69. The minimum atomic E-state index is -0.545. The molecule has 3 aromatic rings. The maximum absolute atomic E-state index is 13.0. The molecule has 0 aliphatic carbocycles. The summed E-state index contributed by atoms with van der Waals surface area (Å²) in [5.41, 5.74) is 1.51. The first-order chi connectivity index (χ1) is 14.0. The third kappa shape index (κ3) is 3.65.